The van der Waals surface area contributed by atoms with Crippen molar-refractivity contribution in [2.24, 2.45) is 0 Å². The summed E-state index contributed by atoms with van der Waals surface area (Å²) in [6.07, 6.45) is 10.8. The molecule has 8 rings (SSSR count). The van der Waals surface area contributed by atoms with Crippen LogP contribution in [0.5, 0.6) is 5.75 Å². The molecule has 0 bridgehead atoms. The number of aryl methyl sites for hydroxylation is 2. The quantitative estimate of drug-likeness (QED) is 0.183. The molecule has 49 heavy (non-hydrogen) atoms. The van der Waals surface area contributed by atoms with Crippen molar-refractivity contribution in [3.8, 4) is 22.6 Å². The summed E-state index contributed by atoms with van der Waals surface area (Å²) in [7, 11) is 0. The predicted molar refractivity (Wildman–Crippen MR) is 210 cm³/mol. The topological polar surface area (TPSA) is 14.2 Å². The summed E-state index contributed by atoms with van der Waals surface area (Å²) in [5.41, 5.74) is 14.0. The normalized spacial score (nSPS) is 13.4. The predicted octanol–water partition coefficient (Wildman–Crippen LogP) is 13.1. The van der Waals surface area contributed by atoms with Gasteiger partial charge in [0.25, 0.3) is 0 Å². The van der Waals surface area contributed by atoms with Crippen LogP contribution < -0.4 is 4.74 Å². The lowest BCUT2D eigenvalue weighted by Crippen LogP contribution is -2.06. The van der Waals surface area contributed by atoms with E-state index < -0.39 is 0 Å². The highest BCUT2D eigenvalue weighted by Gasteiger charge is 2.22. The molecular formula is C47H47NO. The number of hydrogen-bond acceptors (Lipinski definition) is 1. The molecule has 0 radical (unpaired) electrons. The van der Waals surface area contributed by atoms with Gasteiger partial charge in [-0.2, -0.15) is 0 Å². The number of hydrogen-bond donors (Lipinski definition) is 0. The Balaban J connectivity index is 0.000000409. The van der Waals surface area contributed by atoms with Gasteiger partial charge in [0.05, 0.1) is 5.52 Å². The first-order chi connectivity index (χ1) is 24.0. The summed E-state index contributed by atoms with van der Waals surface area (Å²) >= 11 is 0. The number of ether oxygens (including phenoxy) is 1. The van der Waals surface area contributed by atoms with Gasteiger partial charge in [-0.05, 0) is 104 Å². The van der Waals surface area contributed by atoms with Gasteiger partial charge in [-0.25, -0.2) is 0 Å². The Bertz CT molecular complexity index is 2130. The highest BCUT2D eigenvalue weighted by atomic mass is 16.5. The van der Waals surface area contributed by atoms with Crippen LogP contribution in [-0.4, -0.2) is 4.57 Å². The van der Waals surface area contributed by atoms with E-state index >= 15 is 0 Å². The molecule has 2 heteroatoms. The Hall–Kier alpha value is -5.34. The summed E-state index contributed by atoms with van der Waals surface area (Å²) in [6, 6.07) is 45.4. The van der Waals surface area contributed by atoms with Crippen LogP contribution in [0.3, 0.4) is 0 Å². The second kappa shape index (κ2) is 15.7. The maximum Gasteiger partial charge on any atom is 0.130 e. The summed E-state index contributed by atoms with van der Waals surface area (Å²) in [5.74, 6) is 2.05. The first-order valence-corrected chi connectivity index (χ1v) is 17.7. The van der Waals surface area contributed by atoms with Gasteiger partial charge in [-0.3, -0.25) is 0 Å². The minimum atomic E-state index is 0.961. The largest absolute Gasteiger partial charge is 0.461 e. The highest BCUT2D eigenvalue weighted by Crippen LogP contribution is 2.40. The van der Waals surface area contributed by atoms with Crippen molar-refractivity contribution in [2.75, 3.05) is 0 Å². The Morgan fingerprint density at radius 3 is 2.06 bits per heavy atom. The number of nitrogens with zero attached hydrogens (tertiary/aromatic N) is 1. The monoisotopic (exact) mass is 641 g/mol. The van der Waals surface area contributed by atoms with Gasteiger partial charge in [-0.1, -0.05) is 135 Å². The van der Waals surface area contributed by atoms with Crippen LogP contribution in [0.2, 0.25) is 0 Å². The van der Waals surface area contributed by atoms with Crippen molar-refractivity contribution in [3.63, 3.8) is 0 Å². The molecule has 0 atom stereocenters. The molecule has 2 aliphatic rings. The zero-order valence-electron chi connectivity index (χ0n) is 29.5. The van der Waals surface area contributed by atoms with Crippen molar-refractivity contribution in [2.45, 2.75) is 60.3 Å². The highest BCUT2D eigenvalue weighted by molar-refractivity contribution is 5.99. The fourth-order valence-corrected chi connectivity index (χ4v) is 6.68. The molecule has 5 aromatic carbocycles. The van der Waals surface area contributed by atoms with Crippen LogP contribution in [0.1, 0.15) is 68.0 Å². The molecule has 1 heterocycles. The van der Waals surface area contributed by atoms with Gasteiger partial charge in [0.1, 0.15) is 11.5 Å². The van der Waals surface area contributed by atoms with E-state index in [1.54, 1.807) is 0 Å². The number of benzene rings is 5. The maximum absolute atomic E-state index is 6.48. The maximum atomic E-state index is 6.48. The van der Waals surface area contributed by atoms with Gasteiger partial charge >= 0.3 is 0 Å². The molecule has 0 saturated heterocycles. The number of rotatable bonds is 5. The smallest absolute Gasteiger partial charge is 0.130 e. The summed E-state index contributed by atoms with van der Waals surface area (Å²) < 4.78 is 8.95. The number of fused-ring (bicyclic) bond motifs is 3. The lowest BCUT2D eigenvalue weighted by molar-refractivity contribution is 0.394. The van der Waals surface area contributed by atoms with E-state index in [1.807, 2.05) is 32.0 Å². The Kier molecular flexibility index (Phi) is 10.8. The third-order valence-corrected chi connectivity index (χ3v) is 9.26. The van der Waals surface area contributed by atoms with Crippen molar-refractivity contribution in [1.82, 2.24) is 4.57 Å². The molecule has 2 nitrogen and oxygen atoms in total. The molecular weight excluding hydrogens is 595 g/mol. The molecule has 0 aliphatic heterocycles. The summed E-state index contributed by atoms with van der Waals surface area (Å²) in [6.45, 7) is 10.4. The second-order valence-electron chi connectivity index (χ2n) is 12.6. The van der Waals surface area contributed by atoms with Crippen LogP contribution in [-0.2, 0) is 6.42 Å². The zero-order valence-corrected chi connectivity index (χ0v) is 29.5. The molecule has 6 aromatic rings. The van der Waals surface area contributed by atoms with Crippen molar-refractivity contribution < 1.29 is 4.74 Å². The molecule has 0 saturated carbocycles. The Morgan fingerprint density at radius 1 is 0.612 bits per heavy atom. The molecule has 2 aliphatic carbocycles. The molecule has 1 aromatic heterocycles. The molecule has 0 spiro atoms. The van der Waals surface area contributed by atoms with Crippen LogP contribution in [0.25, 0.3) is 39.4 Å². The molecule has 0 N–H and O–H groups in total. The third-order valence-electron chi connectivity index (χ3n) is 9.26. The summed E-state index contributed by atoms with van der Waals surface area (Å²) in [5, 5.41) is 1.30. The van der Waals surface area contributed by atoms with Gasteiger partial charge < -0.3 is 9.30 Å². The average molecular weight is 642 g/mol. The SMILES string of the molecule is CC.CC1=C(Oc2cc(C3=Cc4c(n(-c5cccc(-c6ccccc6)c5)c5ccccc45)CC3)ccc2C)CCC=C1.Cc1ccccc1. The van der Waals surface area contributed by atoms with Gasteiger partial charge in [0.15, 0.2) is 0 Å². The standard InChI is InChI=1S/C38H33NO.C7H8.C2H6/c1-26-11-6-9-18-37(26)40-38-25-31(20-19-27(38)2)30-21-22-36-34(24-30)33-16-7-8-17-35(33)39(36)32-15-10-14-29(23-32)28-12-4-3-5-13-28;1-7-5-3-2-4-6-7;1-2/h3-8,10-17,19-20,23-25H,9,18,21-22H2,1-2H3;2-6H,1H3;1-2H3. The minimum Gasteiger partial charge on any atom is -0.461 e. The fourth-order valence-electron chi connectivity index (χ4n) is 6.68. The van der Waals surface area contributed by atoms with E-state index in [2.05, 4.69) is 153 Å². The average Bonchev–Trinajstić information content (AvgIpc) is 3.49. The molecule has 246 valence electrons. The molecule has 0 amide bonds. The van der Waals surface area contributed by atoms with Gasteiger partial charge in [0.2, 0.25) is 0 Å². The van der Waals surface area contributed by atoms with Gasteiger partial charge in [0, 0.05) is 28.8 Å². The third kappa shape index (κ3) is 7.55. The van der Waals surface area contributed by atoms with Crippen LogP contribution in [0, 0.1) is 13.8 Å². The van der Waals surface area contributed by atoms with E-state index in [0.29, 0.717) is 0 Å². The van der Waals surface area contributed by atoms with E-state index in [1.165, 1.54) is 66.8 Å². The van der Waals surface area contributed by atoms with Crippen LogP contribution >= 0.6 is 0 Å². The first-order valence-electron chi connectivity index (χ1n) is 17.7. The Morgan fingerprint density at radius 2 is 1.33 bits per heavy atom. The van der Waals surface area contributed by atoms with Crippen LogP contribution in [0.15, 0.2) is 151 Å². The lowest BCUT2D eigenvalue weighted by atomic mass is 9.90. The van der Waals surface area contributed by atoms with Crippen molar-refractivity contribution in [3.05, 3.63) is 179 Å². The van der Waals surface area contributed by atoms with E-state index in [0.717, 1.165) is 37.2 Å². The molecule has 0 fully saturated rings. The minimum absolute atomic E-state index is 0.961. The van der Waals surface area contributed by atoms with Gasteiger partial charge in [-0.15, -0.1) is 0 Å². The number of aromatic nitrogens is 1. The first kappa shape index (κ1) is 33.6. The van der Waals surface area contributed by atoms with Crippen molar-refractivity contribution >= 4 is 22.6 Å². The fraction of sp³-hybridized carbons (Fsp3) is 0.191. The van der Waals surface area contributed by atoms with Crippen molar-refractivity contribution in [1.29, 1.82) is 0 Å². The summed E-state index contributed by atoms with van der Waals surface area (Å²) in [4.78, 5) is 0. The second-order valence-corrected chi connectivity index (χ2v) is 12.6. The van der Waals surface area contributed by atoms with E-state index in [4.69, 9.17) is 4.74 Å². The van der Waals surface area contributed by atoms with Crippen LogP contribution in [0.4, 0.5) is 0 Å². The van der Waals surface area contributed by atoms with E-state index in [-0.39, 0.29) is 0 Å². The zero-order chi connectivity index (χ0) is 34.2. The Labute approximate surface area is 292 Å². The number of allylic oxidation sites excluding steroid dienone is 5. The van der Waals surface area contributed by atoms with E-state index in [9.17, 15) is 0 Å². The lowest BCUT2D eigenvalue weighted by Gasteiger charge is -2.20. The molecule has 0 unspecified atom stereocenters. The number of para-hydroxylation sites is 1.